The first-order valence-electron chi connectivity index (χ1n) is 7.02. The van der Waals surface area contributed by atoms with E-state index in [9.17, 15) is 9.18 Å². The fourth-order valence-electron chi connectivity index (χ4n) is 3.01. The van der Waals surface area contributed by atoms with E-state index in [1.165, 1.54) is 12.1 Å². The second kappa shape index (κ2) is 6.95. The lowest BCUT2D eigenvalue weighted by Gasteiger charge is -2.33. The van der Waals surface area contributed by atoms with Gasteiger partial charge in [0.1, 0.15) is 5.82 Å². The molecule has 116 valence electrons. The van der Waals surface area contributed by atoms with Crippen molar-refractivity contribution in [2.75, 3.05) is 6.54 Å². The molecule has 1 aromatic carbocycles. The van der Waals surface area contributed by atoms with Gasteiger partial charge in [0.15, 0.2) is 0 Å². The minimum absolute atomic E-state index is 0.0263. The van der Waals surface area contributed by atoms with Crippen LogP contribution in [0.1, 0.15) is 44.2 Å². The Hall–Kier alpha value is -0.840. The molecule has 0 aromatic heterocycles. The summed E-state index contributed by atoms with van der Waals surface area (Å²) in [5.41, 5.74) is 0.576. The lowest BCUT2D eigenvalue weighted by atomic mass is 10.0. The normalized spacial score (nSPS) is 17.4. The van der Waals surface area contributed by atoms with Gasteiger partial charge in [-0.3, -0.25) is 9.69 Å². The molecule has 0 amide bonds. The molecule has 1 aromatic rings. The highest BCUT2D eigenvalue weighted by Crippen LogP contribution is 2.35. The van der Waals surface area contributed by atoms with Gasteiger partial charge in [-0.05, 0) is 37.5 Å². The van der Waals surface area contributed by atoms with E-state index in [1.807, 2.05) is 11.8 Å². The maximum Gasteiger partial charge on any atom is 0.317 e. The van der Waals surface area contributed by atoms with Gasteiger partial charge in [0, 0.05) is 17.1 Å². The number of rotatable bonds is 5. The molecule has 0 radical (unpaired) electrons. The minimum atomic E-state index is -0.890. The molecule has 3 nitrogen and oxygen atoms in total. The van der Waals surface area contributed by atoms with Gasteiger partial charge in [-0.25, -0.2) is 4.39 Å². The van der Waals surface area contributed by atoms with Crippen LogP contribution in [0.15, 0.2) is 12.1 Å². The Morgan fingerprint density at radius 2 is 2.00 bits per heavy atom. The van der Waals surface area contributed by atoms with Crippen LogP contribution in [0, 0.1) is 5.82 Å². The predicted octanol–water partition coefficient (Wildman–Crippen LogP) is 4.52. The molecule has 1 fully saturated rings. The quantitative estimate of drug-likeness (QED) is 0.805. The van der Waals surface area contributed by atoms with Crippen molar-refractivity contribution in [3.8, 4) is 0 Å². The van der Waals surface area contributed by atoms with Crippen LogP contribution in [0.5, 0.6) is 0 Å². The van der Waals surface area contributed by atoms with Crippen LogP contribution in [0.3, 0.4) is 0 Å². The predicted molar refractivity (Wildman–Crippen MR) is 81.4 cm³/mol. The summed E-state index contributed by atoms with van der Waals surface area (Å²) in [6, 6.07) is 2.60. The molecule has 0 spiro atoms. The standard InChI is InChI=1S/C15H18Cl2FNO2/c1-9(11-6-14(18)13(17)7-12(11)16)19(8-15(20)21)10-4-2-3-5-10/h6-7,9-10H,2-5,8H2,1H3,(H,20,21). The van der Waals surface area contributed by atoms with Crippen molar-refractivity contribution in [3.63, 3.8) is 0 Å². The van der Waals surface area contributed by atoms with Crippen LogP contribution < -0.4 is 0 Å². The van der Waals surface area contributed by atoms with Crippen LogP contribution >= 0.6 is 23.2 Å². The summed E-state index contributed by atoms with van der Waals surface area (Å²) in [6.07, 6.45) is 4.11. The number of carboxylic acid groups (broad SMARTS) is 1. The van der Waals surface area contributed by atoms with Gasteiger partial charge < -0.3 is 5.11 Å². The van der Waals surface area contributed by atoms with Gasteiger partial charge in [-0.2, -0.15) is 0 Å². The third kappa shape index (κ3) is 3.87. The van der Waals surface area contributed by atoms with Crippen LogP contribution in [0.25, 0.3) is 0 Å². The second-order valence-electron chi connectivity index (χ2n) is 5.47. The third-order valence-electron chi connectivity index (χ3n) is 4.10. The number of nitrogens with zero attached hydrogens (tertiary/aromatic N) is 1. The monoisotopic (exact) mass is 333 g/mol. The number of aliphatic carboxylic acids is 1. The molecule has 1 unspecified atom stereocenters. The van der Waals surface area contributed by atoms with Crippen LogP contribution in [0.4, 0.5) is 4.39 Å². The number of carbonyl (C=O) groups is 1. The molecule has 2 rings (SSSR count). The molecule has 1 aliphatic rings. The number of benzene rings is 1. The molecule has 0 bridgehead atoms. The summed E-state index contributed by atoms with van der Waals surface area (Å²) < 4.78 is 13.7. The summed E-state index contributed by atoms with van der Waals surface area (Å²) in [6.45, 7) is 1.78. The van der Waals surface area contributed by atoms with Crippen molar-refractivity contribution in [3.05, 3.63) is 33.6 Å². The fraction of sp³-hybridized carbons (Fsp3) is 0.533. The lowest BCUT2D eigenvalue weighted by molar-refractivity contribution is -0.139. The molecule has 6 heteroatoms. The Bertz CT molecular complexity index is 533. The zero-order valence-corrected chi connectivity index (χ0v) is 13.3. The van der Waals surface area contributed by atoms with Crippen LogP contribution in [0.2, 0.25) is 10.0 Å². The minimum Gasteiger partial charge on any atom is -0.480 e. The van der Waals surface area contributed by atoms with Gasteiger partial charge >= 0.3 is 5.97 Å². The summed E-state index contributed by atoms with van der Waals surface area (Å²) in [4.78, 5) is 13.0. The Balaban J connectivity index is 2.30. The Morgan fingerprint density at radius 1 is 1.38 bits per heavy atom. The molecule has 0 saturated heterocycles. The summed E-state index contributed by atoms with van der Waals surface area (Å²) >= 11 is 11.9. The first kappa shape index (κ1) is 16.5. The zero-order chi connectivity index (χ0) is 15.6. The van der Waals surface area contributed by atoms with E-state index >= 15 is 0 Å². The van der Waals surface area contributed by atoms with Crippen molar-refractivity contribution < 1.29 is 14.3 Å². The summed E-state index contributed by atoms with van der Waals surface area (Å²) in [5, 5.41) is 9.48. The topological polar surface area (TPSA) is 40.5 Å². The average molecular weight is 334 g/mol. The maximum atomic E-state index is 13.7. The smallest absolute Gasteiger partial charge is 0.317 e. The molecule has 21 heavy (non-hydrogen) atoms. The molecular formula is C15H18Cl2FNO2. The SMILES string of the molecule is CC(c1cc(F)c(Cl)cc1Cl)N(CC(=O)O)C1CCCC1. The van der Waals surface area contributed by atoms with E-state index in [0.29, 0.717) is 10.6 Å². The van der Waals surface area contributed by atoms with Gasteiger partial charge in [0.2, 0.25) is 0 Å². The second-order valence-corrected chi connectivity index (χ2v) is 6.28. The number of hydrogen-bond acceptors (Lipinski definition) is 2. The van der Waals surface area contributed by atoms with Crippen molar-refractivity contribution in [1.82, 2.24) is 4.90 Å². The van der Waals surface area contributed by atoms with Crippen molar-refractivity contribution in [1.29, 1.82) is 0 Å². The molecule has 0 aliphatic heterocycles. The van der Waals surface area contributed by atoms with E-state index in [2.05, 4.69) is 0 Å². The number of carboxylic acids is 1. The van der Waals surface area contributed by atoms with Crippen molar-refractivity contribution in [2.45, 2.75) is 44.7 Å². The number of hydrogen-bond donors (Lipinski definition) is 1. The van der Waals surface area contributed by atoms with Crippen molar-refractivity contribution >= 4 is 29.2 Å². The van der Waals surface area contributed by atoms with Crippen LogP contribution in [-0.4, -0.2) is 28.6 Å². The molecule has 1 saturated carbocycles. The Labute approximate surface area is 133 Å². The molecule has 1 aliphatic carbocycles. The first-order chi connectivity index (χ1) is 9.90. The highest BCUT2D eigenvalue weighted by Gasteiger charge is 2.30. The van der Waals surface area contributed by atoms with Crippen molar-refractivity contribution in [2.24, 2.45) is 0 Å². The summed E-state index contributed by atoms with van der Waals surface area (Å²) in [7, 11) is 0. The molecule has 1 N–H and O–H groups in total. The van der Waals surface area contributed by atoms with Crippen LogP contribution in [-0.2, 0) is 4.79 Å². The zero-order valence-electron chi connectivity index (χ0n) is 11.8. The van der Waals surface area contributed by atoms with Gasteiger partial charge in [-0.15, -0.1) is 0 Å². The molecular weight excluding hydrogens is 316 g/mol. The van der Waals surface area contributed by atoms with Gasteiger partial charge in [0.05, 0.1) is 11.6 Å². The lowest BCUT2D eigenvalue weighted by Crippen LogP contribution is -2.39. The molecule has 0 heterocycles. The van der Waals surface area contributed by atoms with E-state index < -0.39 is 11.8 Å². The van der Waals surface area contributed by atoms with Gasteiger partial charge in [0.25, 0.3) is 0 Å². The third-order valence-corrected chi connectivity index (χ3v) is 4.72. The van der Waals surface area contributed by atoms with E-state index in [-0.39, 0.29) is 23.7 Å². The average Bonchev–Trinajstić information content (AvgIpc) is 2.93. The van der Waals surface area contributed by atoms with E-state index in [0.717, 1.165) is 25.7 Å². The fourth-order valence-corrected chi connectivity index (χ4v) is 3.55. The summed E-state index contributed by atoms with van der Waals surface area (Å²) in [5.74, 6) is -1.43. The maximum absolute atomic E-state index is 13.7. The highest BCUT2D eigenvalue weighted by molar-refractivity contribution is 6.35. The Morgan fingerprint density at radius 3 is 2.57 bits per heavy atom. The Kier molecular flexibility index (Phi) is 5.47. The highest BCUT2D eigenvalue weighted by atomic mass is 35.5. The van der Waals surface area contributed by atoms with E-state index in [1.54, 1.807) is 0 Å². The van der Waals surface area contributed by atoms with E-state index in [4.69, 9.17) is 28.3 Å². The molecule has 1 atom stereocenters. The number of halogens is 3. The first-order valence-corrected chi connectivity index (χ1v) is 7.77. The van der Waals surface area contributed by atoms with Gasteiger partial charge in [-0.1, -0.05) is 36.0 Å². The largest absolute Gasteiger partial charge is 0.480 e.